The number of aliphatic hydroxyl groups excluding tert-OH is 1. The van der Waals surface area contributed by atoms with E-state index < -0.39 is 0 Å². The van der Waals surface area contributed by atoms with Crippen molar-refractivity contribution in [2.24, 2.45) is 0 Å². The summed E-state index contributed by atoms with van der Waals surface area (Å²) >= 11 is 0. The third-order valence-corrected chi connectivity index (χ3v) is 3.42. The quantitative estimate of drug-likeness (QED) is 0.736. The van der Waals surface area contributed by atoms with Gasteiger partial charge in [-0.3, -0.25) is 0 Å². The monoisotopic (exact) mass is 213 g/mol. The molecule has 90 valence electrons. The van der Waals surface area contributed by atoms with Crippen molar-refractivity contribution in [2.45, 2.75) is 76.8 Å². The van der Waals surface area contributed by atoms with Gasteiger partial charge in [-0.05, 0) is 32.6 Å². The first kappa shape index (κ1) is 13.0. The predicted molar refractivity (Wildman–Crippen MR) is 65.0 cm³/mol. The molecule has 15 heavy (non-hydrogen) atoms. The van der Waals surface area contributed by atoms with E-state index in [2.05, 4.69) is 12.2 Å². The molecule has 1 saturated carbocycles. The molecule has 1 fully saturated rings. The Bertz CT molecular complexity index is 141. The van der Waals surface area contributed by atoms with Crippen molar-refractivity contribution in [3.8, 4) is 0 Å². The molecule has 0 spiro atoms. The summed E-state index contributed by atoms with van der Waals surface area (Å²) in [6.07, 6.45) is 11.8. The van der Waals surface area contributed by atoms with Crippen molar-refractivity contribution in [3.63, 3.8) is 0 Å². The predicted octanol–water partition coefficient (Wildman–Crippen LogP) is 2.85. The number of rotatable bonds is 5. The summed E-state index contributed by atoms with van der Waals surface area (Å²) in [5.41, 5.74) is 0. The van der Waals surface area contributed by atoms with Crippen molar-refractivity contribution in [2.75, 3.05) is 6.61 Å². The molecule has 0 aliphatic heterocycles. The second-order valence-electron chi connectivity index (χ2n) is 4.98. The first-order valence-electron chi connectivity index (χ1n) is 6.70. The van der Waals surface area contributed by atoms with Crippen LogP contribution in [0.5, 0.6) is 0 Å². The highest BCUT2D eigenvalue weighted by Gasteiger charge is 2.13. The molecule has 1 aliphatic rings. The lowest BCUT2D eigenvalue weighted by Gasteiger charge is -2.25. The lowest BCUT2D eigenvalue weighted by molar-refractivity contribution is 0.269. The smallest absolute Gasteiger partial charge is 0.0431 e. The van der Waals surface area contributed by atoms with Crippen LogP contribution >= 0.6 is 0 Å². The average Bonchev–Trinajstić information content (AvgIpc) is 2.19. The van der Waals surface area contributed by atoms with Gasteiger partial charge in [-0.25, -0.2) is 0 Å². The van der Waals surface area contributed by atoms with Crippen LogP contribution in [0, 0.1) is 0 Å². The van der Waals surface area contributed by atoms with Gasteiger partial charge in [0.25, 0.3) is 0 Å². The Morgan fingerprint density at radius 3 is 2.33 bits per heavy atom. The summed E-state index contributed by atoms with van der Waals surface area (Å²) in [7, 11) is 0. The van der Waals surface area contributed by atoms with Crippen LogP contribution in [0.2, 0.25) is 0 Å². The largest absolute Gasteiger partial charge is 0.396 e. The average molecular weight is 213 g/mol. The normalized spacial score (nSPS) is 22.0. The maximum absolute atomic E-state index is 8.78. The molecule has 1 aliphatic carbocycles. The number of nitrogens with one attached hydrogen (secondary N) is 1. The van der Waals surface area contributed by atoms with Crippen molar-refractivity contribution >= 4 is 0 Å². The molecule has 0 amide bonds. The van der Waals surface area contributed by atoms with Gasteiger partial charge >= 0.3 is 0 Å². The fourth-order valence-electron chi connectivity index (χ4n) is 2.51. The standard InChI is InChI=1S/C13H27NO/c1-12(8-7-11-15)14-13-9-5-3-2-4-6-10-13/h12-15H,2-11H2,1H3/t12-/m1/s1. The molecule has 1 atom stereocenters. The van der Waals surface area contributed by atoms with E-state index in [0.717, 1.165) is 18.9 Å². The van der Waals surface area contributed by atoms with Gasteiger partial charge in [0.05, 0.1) is 0 Å². The molecular formula is C13H27NO. The zero-order valence-corrected chi connectivity index (χ0v) is 10.2. The van der Waals surface area contributed by atoms with Gasteiger partial charge in [-0.15, -0.1) is 0 Å². The summed E-state index contributed by atoms with van der Waals surface area (Å²) in [5, 5.41) is 12.5. The minimum Gasteiger partial charge on any atom is -0.396 e. The Morgan fingerprint density at radius 2 is 1.73 bits per heavy atom. The summed E-state index contributed by atoms with van der Waals surface area (Å²) in [4.78, 5) is 0. The fraction of sp³-hybridized carbons (Fsp3) is 1.00. The highest BCUT2D eigenvalue weighted by atomic mass is 16.2. The van der Waals surface area contributed by atoms with Gasteiger partial charge in [0, 0.05) is 18.7 Å². The maximum atomic E-state index is 8.78. The summed E-state index contributed by atoms with van der Waals surface area (Å²) < 4.78 is 0. The van der Waals surface area contributed by atoms with Crippen LogP contribution in [0.1, 0.15) is 64.7 Å². The molecule has 2 nitrogen and oxygen atoms in total. The molecule has 2 N–H and O–H groups in total. The Kier molecular flexibility index (Phi) is 7.03. The van der Waals surface area contributed by atoms with Gasteiger partial charge in [0.2, 0.25) is 0 Å². The SMILES string of the molecule is C[C@H](CCCO)NC1CCCCCCC1. The molecule has 1 rings (SSSR count). The van der Waals surface area contributed by atoms with Gasteiger partial charge < -0.3 is 10.4 Å². The van der Waals surface area contributed by atoms with E-state index in [0.29, 0.717) is 12.6 Å². The van der Waals surface area contributed by atoms with Gasteiger partial charge in [-0.1, -0.05) is 32.1 Å². The Hall–Kier alpha value is -0.0800. The molecule has 0 aromatic rings. The Morgan fingerprint density at radius 1 is 1.13 bits per heavy atom. The van der Waals surface area contributed by atoms with E-state index in [1.807, 2.05) is 0 Å². The number of hydrogen-bond donors (Lipinski definition) is 2. The van der Waals surface area contributed by atoms with Crippen molar-refractivity contribution in [1.29, 1.82) is 0 Å². The molecular weight excluding hydrogens is 186 g/mol. The highest BCUT2D eigenvalue weighted by Crippen LogP contribution is 2.17. The zero-order valence-electron chi connectivity index (χ0n) is 10.2. The molecule has 0 aromatic heterocycles. The molecule has 0 saturated heterocycles. The molecule has 2 heteroatoms. The Balaban J connectivity index is 2.16. The van der Waals surface area contributed by atoms with Crippen LogP contribution in [0.25, 0.3) is 0 Å². The number of aliphatic hydroxyl groups is 1. The first-order valence-corrected chi connectivity index (χ1v) is 6.70. The van der Waals surface area contributed by atoms with Gasteiger partial charge in [0.1, 0.15) is 0 Å². The van der Waals surface area contributed by atoms with E-state index in [-0.39, 0.29) is 0 Å². The van der Waals surface area contributed by atoms with Crippen LogP contribution in [-0.4, -0.2) is 23.8 Å². The minimum absolute atomic E-state index is 0.330. The van der Waals surface area contributed by atoms with E-state index in [9.17, 15) is 0 Å². The molecule has 0 bridgehead atoms. The van der Waals surface area contributed by atoms with Crippen molar-refractivity contribution in [3.05, 3.63) is 0 Å². The highest BCUT2D eigenvalue weighted by molar-refractivity contribution is 4.73. The van der Waals surface area contributed by atoms with Crippen LogP contribution in [-0.2, 0) is 0 Å². The lowest BCUT2D eigenvalue weighted by Crippen LogP contribution is -2.37. The molecule has 0 aromatic carbocycles. The zero-order chi connectivity index (χ0) is 10.9. The third kappa shape index (κ3) is 6.16. The van der Waals surface area contributed by atoms with Gasteiger partial charge in [0.15, 0.2) is 0 Å². The minimum atomic E-state index is 0.330. The van der Waals surface area contributed by atoms with Crippen molar-refractivity contribution in [1.82, 2.24) is 5.32 Å². The molecule has 0 heterocycles. The maximum Gasteiger partial charge on any atom is 0.0431 e. The van der Waals surface area contributed by atoms with E-state index in [1.54, 1.807) is 0 Å². The van der Waals surface area contributed by atoms with Crippen LogP contribution in [0.3, 0.4) is 0 Å². The Labute approximate surface area is 94.5 Å². The van der Waals surface area contributed by atoms with E-state index in [4.69, 9.17) is 5.11 Å². The summed E-state index contributed by atoms with van der Waals surface area (Å²) in [6, 6.07) is 1.31. The first-order chi connectivity index (χ1) is 7.33. The van der Waals surface area contributed by atoms with Crippen LogP contribution in [0.15, 0.2) is 0 Å². The number of hydrogen-bond acceptors (Lipinski definition) is 2. The van der Waals surface area contributed by atoms with Gasteiger partial charge in [-0.2, -0.15) is 0 Å². The topological polar surface area (TPSA) is 32.3 Å². The van der Waals surface area contributed by atoms with E-state index in [1.165, 1.54) is 44.9 Å². The van der Waals surface area contributed by atoms with Crippen molar-refractivity contribution < 1.29 is 5.11 Å². The van der Waals surface area contributed by atoms with Crippen LogP contribution < -0.4 is 5.32 Å². The molecule has 0 unspecified atom stereocenters. The summed E-state index contributed by atoms with van der Waals surface area (Å²) in [5.74, 6) is 0. The van der Waals surface area contributed by atoms with Crippen LogP contribution in [0.4, 0.5) is 0 Å². The fourth-order valence-corrected chi connectivity index (χ4v) is 2.51. The second kappa shape index (κ2) is 8.12. The lowest BCUT2D eigenvalue weighted by atomic mass is 9.96. The van der Waals surface area contributed by atoms with E-state index >= 15 is 0 Å². The summed E-state index contributed by atoms with van der Waals surface area (Å²) in [6.45, 7) is 2.57. The third-order valence-electron chi connectivity index (χ3n) is 3.42. The molecule has 0 radical (unpaired) electrons. The second-order valence-corrected chi connectivity index (χ2v) is 4.98.